The Kier molecular flexibility index (Phi) is 4.90. The first-order chi connectivity index (χ1) is 8.04. The fraction of sp³-hybridized carbons (Fsp3) is 0.500. The highest BCUT2D eigenvalue weighted by Gasteiger charge is 2.08. The van der Waals surface area contributed by atoms with Crippen molar-refractivity contribution in [3.05, 3.63) is 34.2 Å². The van der Waals surface area contributed by atoms with Crippen molar-refractivity contribution in [3.8, 4) is 0 Å². The summed E-state index contributed by atoms with van der Waals surface area (Å²) in [6.07, 6.45) is 1.59. The lowest BCUT2D eigenvalue weighted by Crippen LogP contribution is -2.33. The molecule has 1 amide bonds. The minimum Gasteiger partial charge on any atom is -0.352 e. The van der Waals surface area contributed by atoms with Crippen LogP contribution in [0.15, 0.2) is 23.1 Å². The zero-order valence-electron chi connectivity index (χ0n) is 10.5. The van der Waals surface area contributed by atoms with Gasteiger partial charge in [-0.3, -0.25) is 9.59 Å². The summed E-state index contributed by atoms with van der Waals surface area (Å²) in [5.41, 5.74) is 0.227. The van der Waals surface area contributed by atoms with Crippen molar-refractivity contribution < 1.29 is 4.79 Å². The zero-order valence-corrected chi connectivity index (χ0v) is 10.5. The van der Waals surface area contributed by atoms with Gasteiger partial charge in [-0.25, -0.2) is 0 Å². The maximum Gasteiger partial charge on any atom is 0.251 e. The molecule has 1 atom stereocenters. The maximum atomic E-state index is 11.7. The Labute approximate surface area is 101 Å². The number of carbonyl (C=O) groups is 1. The topological polar surface area (TPSA) is 63.1 Å². The van der Waals surface area contributed by atoms with Crippen LogP contribution >= 0.6 is 0 Å². The molecule has 0 fully saturated rings. The highest BCUT2D eigenvalue weighted by atomic mass is 16.2. The molecule has 0 spiro atoms. The molecule has 5 heteroatoms. The third-order valence-corrected chi connectivity index (χ3v) is 2.53. The van der Waals surface area contributed by atoms with Crippen LogP contribution in [0.5, 0.6) is 0 Å². The number of pyridine rings is 1. The molecule has 0 aliphatic carbocycles. The van der Waals surface area contributed by atoms with Crippen LogP contribution in [0.3, 0.4) is 0 Å². The number of carbonyl (C=O) groups excluding carboxylic acids is 1. The Balaban J connectivity index is 2.58. The Hall–Kier alpha value is -1.62. The van der Waals surface area contributed by atoms with Crippen LogP contribution in [-0.2, 0) is 7.05 Å². The lowest BCUT2D eigenvalue weighted by atomic mass is 10.1. The summed E-state index contributed by atoms with van der Waals surface area (Å²) in [5, 5.41) is 5.85. The number of aryl methyl sites for hydroxylation is 1. The number of aromatic nitrogens is 1. The van der Waals surface area contributed by atoms with Gasteiger partial charge >= 0.3 is 0 Å². The summed E-state index contributed by atoms with van der Waals surface area (Å²) in [5.74, 6) is 0.154. The Morgan fingerprint density at radius 2 is 2.18 bits per heavy atom. The second kappa shape index (κ2) is 6.20. The van der Waals surface area contributed by atoms with Gasteiger partial charge in [0.15, 0.2) is 0 Å². The number of hydrogen-bond donors (Lipinski definition) is 2. The molecule has 94 valence electrons. The second-order valence-corrected chi connectivity index (χ2v) is 4.24. The van der Waals surface area contributed by atoms with Gasteiger partial charge in [-0.2, -0.15) is 0 Å². The standard InChI is InChI=1S/C12H19N3O2/c1-9(7-13-2)8-14-12(17)10-4-5-15(3)11(16)6-10/h4-6,9,13H,7-8H2,1-3H3,(H,14,17). The molecular formula is C12H19N3O2. The maximum absolute atomic E-state index is 11.7. The largest absolute Gasteiger partial charge is 0.352 e. The minimum absolute atomic E-state index is 0.180. The van der Waals surface area contributed by atoms with Crippen molar-refractivity contribution in [3.63, 3.8) is 0 Å². The van der Waals surface area contributed by atoms with Crippen LogP contribution < -0.4 is 16.2 Å². The van der Waals surface area contributed by atoms with Gasteiger partial charge in [0.1, 0.15) is 0 Å². The van der Waals surface area contributed by atoms with E-state index in [0.717, 1.165) is 6.54 Å². The Morgan fingerprint density at radius 1 is 1.47 bits per heavy atom. The summed E-state index contributed by atoms with van der Waals surface area (Å²) < 4.78 is 1.43. The molecule has 0 radical (unpaired) electrons. The molecule has 1 aromatic heterocycles. The Bertz CT molecular complexity index is 440. The fourth-order valence-corrected chi connectivity index (χ4v) is 1.48. The SMILES string of the molecule is CNCC(C)CNC(=O)c1ccn(C)c(=O)c1. The van der Waals surface area contributed by atoms with Crippen LogP contribution in [0.4, 0.5) is 0 Å². The van der Waals surface area contributed by atoms with Gasteiger partial charge in [-0.15, -0.1) is 0 Å². The van der Waals surface area contributed by atoms with Crippen LogP contribution in [0.25, 0.3) is 0 Å². The molecule has 0 saturated heterocycles. The molecule has 17 heavy (non-hydrogen) atoms. The smallest absolute Gasteiger partial charge is 0.251 e. The van der Waals surface area contributed by atoms with Crippen molar-refractivity contribution in [1.82, 2.24) is 15.2 Å². The van der Waals surface area contributed by atoms with E-state index in [-0.39, 0.29) is 11.5 Å². The predicted molar refractivity (Wildman–Crippen MR) is 67.1 cm³/mol. The van der Waals surface area contributed by atoms with E-state index in [1.165, 1.54) is 10.6 Å². The van der Waals surface area contributed by atoms with E-state index in [4.69, 9.17) is 0 Å². The average molecular weight is 237 g/mol. The molecule has 0 aliphatic heterocycles. The number of rotatable bonds is 5. The lowest BCUT2D eigenvalue weighted by Gasteiger charge is -2.11. The van der Waals surface area contributed by atoms with E-state index in [9.17, 15) is 9.59 Å². The molecule has 1 heterocycles. The molecule has 0 aromatic carbocycles. The van der Waals surface area contributed by atoms with Gasteiger partial charge in [0.05, 0.1) is 0 Å². The molecule has 1 unspecified atom stereocenters. The van der Waals surface area contributed by atoms with E-state index in [2.05, 4.69) is 10.6 Å². The molecule has 0 saturated carbocycles. The zero-order chi connectivity index (χ0) is 12.8. The van der Waals surface area contributed by atoms with E-state index in [1.54, 1.807) is 19.3 Å². The lowest BCUT2D eigenvalue weighted by molar-refractivity contribution is 0.0948. The van der Waals surface area contributed by atoms with Crippen molar-refractivity contribution in [2.45, 2.75) is 6.92 Å². The van der Waals surface area contributed by atoms with Crippen LogP contribution in [0.1, 0.15) is 17.3 Å². The molecule has 0 aliphatic rings. The third kappa shape index (κ3) is 4.03. The minimum atomic E-state index is -0.203. The number of hydrogen-bond acceptors (Lipinski definition) is 3. The van der Waals surface area contributed by atoms with Crippen molar-refractivity contribution in [2.75, 3.05) is 20.1 Å². The molecular weight excluding hydrogens is 218 g/mol. The molecule has 1 rings (SSSR count). The quantitative estimate of drug-likeness (QED) is 0.756. The molecule has 1 aromatic rings. The normalized spacial score (nSPS) is 12.2. The van der Waals surface area contributed by atoms with E-state index in [0.29, 0.717) is 18.0 Å². The van der Waals surface area contributed by atoms with Gasteiger partial charge in [-0.1, -0.05) is 6.92 Å². The summed E-state index contributed by atoms with van der Waals surface area (Å²) in [6, 6.07) is 2.98. The van der Waals surface area contributed by atoms with Gasteiger partial charge in [0.2, 0.25) is 0 Å². The molecule has 2 N–H and O–H groups in total. The average Bonchev–Trinajstić information content (AvgIpc) is 2.30. The first-order valence-electron chi connectivity index (χ1n) is 5.64. The Morgan fingerprint density at radius 3 is 2.76 bits per heavy atom. The highest BCUT2D eigenvalue weighted by Crippen LogP contribution is 1.95. The van der Waals surface area contributed by atoms with Crippen LogP contribution in [-0.4, -0.2) is 30.6 Å². The van der Waals surface area contributed by atoms with Crippen molar-refractivity contribution >= 4 is 5.91 Å². The predicted octanol–water partition coefficient (Wildman–Crippen LogP) is -0.0294. The first-order valence-corrected chi connectivity index (χ1v) is 5.64. The summed E-state index contributed by atoms with van der Waals surface area (Å²) >= 11 is 0. The molecule has 0 bridgehead atoms. The van der Waals surface area contributed by atoms with Crippen molar-refractivity contribution in [2.24, 2.45) is 13.0 Å². The van der Waals surface area contributed by atoms with E-state index in [1.807, 2.05) is 14.0 Å². The monoisotopic (exact) mass is 237 g/mol. The highest BCUT2D eigenvalue weighted by molar-refractivity contribution is 5.93. The number of nitrogens with one attached hydrogen (secondary N) is 2. The number of nitrogens with zero attached hydrogens (tertiary/aromatic N) is 1. The van der Waals surface area contributed by atoms with E-state index < -0.39 is 0 Å². The summed E-state index contributed by atoms with van der Waals surface area (Å²) in [4.78, 5) is 23.1. The van der Waals surface area contributed by atoms with Crippen LogP contribution in [0.2, 0.25) is 0 Å². The number of amides is 1. The second-order valence-electron chi connectivity index (χ2n) is 4.24. The van der Waals surface area contributed by atoms with Gasteiger partial charge in [0.25, 0.3) is 11.5 Å². The summed E-state index contributed by atoms with van der Waals surface area (Å²) in [7, 11) is 3.53. The van der Waals surface area contributed by atoms with Crippen LogP contribution in [0, 0.1) is 5.92 Å². The van der Waals surface area contributed by atoms with Gasteiger partial charge < -0.3 is 15.2 Å². The summed E-state index contributed by atoms with van der Waals surface area (Å²) in [6.45, 7) is 3.48. The fourth-order valence-electron chi connectivity index (χ4n) is 1.48. The third-order valence-electron chi connectivity index (χ3n) is 2.53. The van der Waals surface area contributed by atoms with Crippen molar-refractivity contribution in [1.29, 1.82) is 0 Å². The van der Waals surface area contributed by atoms with E-state index >= 15 is 0 Å². The first kappa shape index (κ1) is 13.4. The van der Waals surface area contributed by atoms with Gasteiger partial charge in [0, 0.05) is 31.4 Å². The van der Waals surface area contributed by atoms with Gasteiger partial charge in [-0.05, 0) is 25.6 Å². The molecule has 5 nitrogen and oxygen atoms in total.